The van der Waals surface area contributed by atoms with Crippen LogP contribution in [0.2, 0.25) is 0 Å². The van der Waals surface area contributed by atoms with E-state index in [1.165, 1.54) is 13.0 Å². The highest BCUT2D eigenvalue weighted by atomic mass is 16.7. The van der Waals surface area contributed by atoms with Gasteiger partial charge >= 0.3 is 0 Å². The van der Waals surface area contributed by atoms with Gasteiger partial charge in [-0.05, 0) is 55.0 Å². The molecule has 34 heavy (non-hydrogen) atoms. The highest BCUT2D eigenvalue weighted by Crippen LogP contribution is 2.32. The fourth-order valence-electron chi connectivity index (χ4n) is 3.91. The van der Waals surface area contributed by atoms with Crippen molar-refractivity contribution in [2.45, 2.75) is 13.0 Å². The zero-order chi connectivity index (χ0) is 24.1. The number of ether oxygens (including phenoxy) is 2. The van der Waals surface area contributed by atoms with Crippen LogP contribution in [-0.2, 0) is 9.59 Å². The average Bonchev–Trinajstić information content (AvgIpc) is 3.34. The lowest BCUT2D eigenvalue weighted by atomic mass is 10.1. The molecule has 2 aliphatic heterocycles. The highest BCUT2D eigenvalue weighted by molar-refractivity contribution is 5.96. The van der Waals surface area contributed by atoms with Gasteiger partial charge in [-0.15, -0.1) is 0 Å². The van der Waals surface area contributed by atoms with Gasteiger partial charge in [0.2, 0.25) is 18.6 Å². The van der Waals surface area contributed by atoms with Crippen molar-refractivity contribution in [2.24, 2.45) is 0 Å². The molecule has 2 aliphatic rings. The van der Waals surface area contributed by atoms with Gasteiger partial charge in [0.1, 0.15) is 6.04 Å². The van der Waals surface area contributed by atoms with E-state index in [4.69, 9.17) is 9.47 Å². The van der Waals surface area contributed by atoms with Crippen molar-refractivity contribution >= 4 is 29.4 Å². The maximum Gasteiger partial charge on any atom is 0.247 e. The summed E-state index contributed by atoms with van der Waals surface area (Å²) in [6, 6.07) is 11.7. The van der Waals surface area contributed by atoms with Crippen molar-refractivity contribution in [2.75, 3.05) is 44.5 Å². The Labute approximate surface area is 197 Å². The molecule has 2 N–H and O–H groups in total. The van der Waals surface area contributed by atoms with E-state index in [1.54, 1.807) is 41.3 Å². The Morgan fingerprint density at radius 2 is 1.74 bits per heavy atom. The van der Waals surface area contributed by atoms with Gasteiger partial charge in [-0.1, -0.05) is 6.07 Å². The Bertz CT molecular complexity index is 1090. The van der Waals surface area contributed by atoms with Crippen LogP contribution < -0.4 is 19.7 Å². The molecule has 2 aromatic carbocycles. The number of benzene rings is 2. The topological polar surface area (TPSA) is 108 Å². The number of carbonyl (C=O) groups is 3. The normalized spacial score (nSPS) is 15.9. The molecule has 1 unspecified atom stereocenters. The molecule has 0 aliphatic carbocycles. The minimum atomic E-state index is -1.02. The van der Waals surface area contributed by atoms with Gasteiger partial charge in [-0.2, -0.15) is 0 Å². The van der Waals surface area contributed by atoms with Gasteiger partial charge in [0, 0.05) is 43.5 Å². The van der Waals surface area contributed by atoms with Crippen molar-refractivity contribution in [1.82, 2.24) is 10.2 Å². The predicted octanol–water partition coefficient (Wildman–Crippen LogP) is 1.46. The second-order valence-electron chi connectivity index (χ2n) is 8.11. The van der Waals surface area contributed by atoms with Crippen LogP contribution in [0.4, 0.5) is 5.69 Å². The summed E-state index contributed by atoms with van der Waals surface area (Å²) >= 11 is 0. The van der Waals surface area contributed by atoms with Crippen LogP contribution in [0.3, 0.4) is 0 Å². The Balaban J connectivity index is 1.29. The molecule has 1 saturated heterocycles. The zero-order valence-electron chi connectivity index (χ0n) is 18.9. The molecule has 2 amide bonds. The smallest absolute Gasteiger partial charge is 0.247 e. The van der Waals surface area contributed by atoms with Crippen molar-refractivity contribution in [3.8, 4) is 11.5 Å². The Morgan fingerprint density at radius 3 is 2.41 bits per heavy atom. The minimum absolute atomic E-state index is 0.0183. The third-order valence-electron chi connectivity index (χ3n) is 5.85. The number of rotatable bonds is 7. The fraction of sp³-hybridized carbons (Fsp3) is 0.320. The Hall–Kier alpha value is -3.85. The quantitative estimate of drug-likeness (QED) is 0.471. The van der Waals surface area contributed by atoms with E-state index in [0.29, 0.717) is 43.2 Å². The number of carbonyl (C=O) groups excluding carboxylic acids is 3. The molecule has 1 fully saturated rings. The first-order valence-electron chi connectivity index (χ1n) is 11.1. The predicted molar refractivity (Wildman–Crippen MR) is 126 cm³/mol. The van der Waals surface area contributed by atoms with Gasteiger partial charge in [0.25, 0.3) is 0 Å². The molecule has 2 aromatic rings. The average molecular weight is 466 g/mol. The number of aliphatic hydroxyl groups is 1. The first kappa shape index (κ1) is 23.3. The standard InChI is InChI=1S/C25H27N3O6/c1-17(30)19-4-6-20(7-5-19)27-10-12-28(13-11-27)25(32)21(15-29)26-24(31)9-3-18-2-8-22-23(14-18)34-16-33-22/h2-9,14,21,29H,10-13,15-16H2,1H3,(H,26,31). The molecule has 0 saturated carbocycles. The largest absolute Gasteiger partial charge is 0.454 e. The summed E-state index contributed by atoms with van der Waals surface area (Å²) in [7, 11) is 0. The Kier molecular flexibility index (Phi) is 7.12. The summed E-state index contributed by atoms with van der Waals surface area (Å²) in [6.07, 6.45) is 2.92. The summed E-state index contributed by atoms with van der Waals surface area (Å²) in [5.74, 6) is 0.485. The van der Waals surface area contributed by atoms with E-state index < -0.39 is 18.6 Å². The molecule has 0 radical (unpaired) electrons. The van der Waals surface area contributed by atoms with Gasteiger partial charge in [-0.3, -0.25) is 14.4 Å². The number of ketones is 1. The first-order valence-corrected chi connectivity index (χ1v) is 11.1. The highest BCUT2D eigenvalue weighted by Gasteiger charge is 2.28. The second-order valence-corrected chi connectivity index (χ2v) is 8.11. The number of fused-ring (bicyclic) bond motifs is 1. The van der Waals surface area contributed by atoms with Crippen molar-refractivity contribution < 1.29 is 29.0 Å². The van der Waals surface area contributed by atoms with Gasteiger partial charge in [0.15, 0.2) is 17.3 Å². The van der Waals surface area contributed by atoms with Gasteiger partial charge in [-0.25, -0.2) is 0 Å². The SMILES string of the molecule is CC(=O)c1ccc(N2CCN(C(=O)C(CO)NC(=O)C=Cc3ccc4c(c3)OCO4)CC2)cc1. The molecule has 1 atom stereocenters. The van der Waals surface area contributed by atoms with Gasteiger partial charge < -0.3 is 29.7 Å². The van der Waals surface area contributed by atoms with Gasteiger partial charge in [0.05, 0.1) is 6.61 Å². The van der Waals surface area contributed by atoms with E-state index in [2.05, 4.69) is 10.2 Å². The molecule has 2 heterocycles. The maximum atomic E-state index is 12.9. The van der Waals surface area contributed by atoms with E-state index in [-0.39, 0.29) is 18.5 Å². The molecule has 9 nitrogen and oxygen atoms in total. The van der Waals surface area contributed by atoms with Crippen LogP contribution in [0.1, 0.15) is 22.8 Å². The number of hydrogen-bond donors (Lipinski definition) is 2. The number of amides is 2. The molecular weight excluding hydrogens is 438 g/mol. The molecule has 9 heteroatoms. The molecule has 0 spiro atoms. The summed E-state index contributed by atoms with van der Waals surface area (Å²) in [5, 5.41) is 12.3. The Morgan fingerprint density at radius 1 is 1.03 bits per heavy atom. The number of piperazine rings is 1. The van der Waals surface area contributed by atoms with E-state index in [9.17, 15) is 19.5 Å². The fourth-order valence-corrected chi connectivity index (χ4v) is 3.91. The number of Topliss-reactive ketones (excluding diaryl/α,β-unsaturated/α-hetero) is 1. The van der Waals surface area contributed by atoms with Crippen LogP contribution in [0.5, 0.6) is 11.5 Å². The molecule has 0 bridgehead atoms. The van der Waals surface area contributed by atoms with Crippen molar-refractivity contribution in [3.63, 3.8) is 0 Å². The number of aliphatic hydroxyl groups excluding tert-OH is 1. The third-order valence-corrected chi connectivity index (χ3v) is 5.85. The number of hydrogen-bond acceptors (Lipinski definition) is 7. The summed E-state index contributed by atoms with van der Waals surface area (Å²) in [6.45, 7) is 3.36. The molecule has 0 aromatic heterocycles. The lowest BCUT2D eigenvalue weighted by molar-refractivity contribution is -0.137. The van der Waals surface area contributed by atoms with E-state index >= 15 is 0 Å². The van der Waals surface area contributed by atoms with Crippen LogP contribution >= 0.6 is 0 Å². The molecule has 4 rings (SSSR count). The molecule has 178 valence electrons. The van der Waals surface area contributed by atoms with Crippen LogP contribution in [0.25, 0.3) is 6.08 Å². The van der Waals surface area contributed by atoms with Crippen LogP contribution in [0.15, 0.2) is 48.5 Å². The second kappa shape index (κ2) is 10.4. The third kappa shape index (κ3) is 5.37. The van der Waals surface area contributed by atoms with Crippen molar-refractivity contribution in [1.29, 1.82) is 0 Å². The monoisotopic (exact) mass is 465 g/mol. The van der Waals surface area contributed by atoms with E-state index in [0.717, 1.165) is 11.3 Å². The van der Waals surface area contributed by atoms with Crippen LogP contribution in [-0.4, -0.2) is 73.2 Å². The van der Waals surface area contributed by atoms with E-state index in [1.807, 2.05) is 12.1 Å². The first-order chi connectivity index (χ1) is 16.4. The summed E-state index contributed by atoms with van der Waals surface area (Å²) < 4.78 is 10.6. The number of nitrogens with one attached hydrogen (secondary N) is 1. The maximum absolute atomic E-state index is 12.9. The summed E-state index contributed by atoms with van der Waals surface area (Å²) in [5.41, 5.74) is 2.39. The zero-order valence-corrected chi connectivity index (χ0v) is 18.9. The van der Waals surface area contributed by atoms with Crippen molar-refractivity contribution in [3.05, 3.63) is 59.7 Å². The number of anilines is 1. The minimum Gasteiger partial charge on any atom is -0.454 e. The summed E-state index contributed by atoms with van der Waals surface area (Å²) in [4.78, 5) is 40.4. The lowest BCUT2D eigenvalue weighted by Crippen LogP contribution is -2.56. The van der Waals surface area contributed by atoms with Crippen LogP contribution in [0, 0.1) is 0 Å². The molecular formula is C25H27N3O6. The number of nitrogens with zero attached hydrogens (tertiary/aromatic N) is 2. The lowest BCUT2D eigenvalue weighted by Gasteiger charge is -2.37.